The average Bonchev–Trinajstić information content (AvgIpc) is 2.98. The first kappa shape index (κ1) is 24.2. The maximum atomic E-state index is 13.7. The summed E-state index contributed by atoms with van der Waals surface area (Å²) in [5, 5.41) is 11.0. The quantitative estimate of drug-likeness (QED) is 0.237. The Kier molecular flexibility index (Phi) is 10.9. The maximum absolute atomic E-state index is 13.7. The summed E-state index contributed by atoms with van der Waals surface area (Å²) in [6, 6.07) is 8.54. The molecule has 0 bridgehead atoms. The van der Waals surface area contributed by atoms with Crippen LogP contribution in [-0.2, 0) is 6.54 Å². The number of aliphatic imine (C=N–C) groups is 1. The van der Waals surface area contributed by atoms with Gasteiger partial charge in [-0.25, -0.2) is 4.39 Å². The minimum atomic E-state index is -0.345. The molecule has 2 N–H and O–H groups in total. The first-order chi connectivity index (χ1) is 13.0. The highest BCUT2D eigenvalue weighted by Gasteiger charge is 2.12. The molecule has 1 unspecified atom stereocenters. The number of halogens is 2. The Morgan fingerprint density at radius 2 is 2.04 bits per heavy atom. The molecular weight excluding hydrogens is 472 g/mol. The minimum absolute atomic E-state index is 0. The largest absolute Gasteiger partial charge is 0.486 e. The number of aryl methyl sites for hydroxylation is 3. The van der Waals surface area contributed by atoms with Crippen molar-refractivity contribution in [3.05, 3.63) is 47.5 Å². The van der Waals surface area contributed by atoms with Gasteiger partial charge >= 0.3 is 0 Å². The summed E-state index contributed by atoms with van der Waals surface area (Å²) in [5.74, 6) is 0.639. The molecule has 0 amide bonds. The van der Waals surface area contributed by atoms with E-state index in [1.165, 1.54) is 11.8 Å². The van der Waals surface area contributed by atoms with Crippen molar-refractivity contribution >= 4 is 29.9 Å². The molecule has 8 heteroatoms. The van der Waals surface area contributed by atoms with Crippen molar-refractivity contribution in [2.75, 3.05) is 20.1 Å². The fraction of sp³-hybridized carbons (Fsp3) is 0.500. The van der Waals surface area contributed by atoms with E-state index in [0.29, 0.717) is 12.5 Å². The molecule has 0 aliphatic heterocycles. The molecule has 0 saturated carbocycles. The van der Waals surface area contributed by atoms with Crippen molar-refractivity contribution in [3.63, 3.8) is 0 Å². The topological polar surface area (TPSA) is 63.5 Å². The van der Waals surface area contributed by atoms with Crippen molar-refractivity contribution in [1.82, 2.24) is 20.4 Å². The second-order valence-corrected chi connectivity index (χ2v) is 6.46. The summed E-state index contributed by atoms with van der Waals surface area (Å²) < 4.78 is 21.5. The third-order valence-electron chi connectivity index (χ3n) is 4.25. The van der Waals surface area contributed by atoms with E-state index in [1.807, 2.05) is 18.5 Å². The number of hydrogen-bond donors (Lipinski definition) is 2. The van der Waals surface area contributed by atoms with Gasteiger partial charge in [-0.05, 0) is 44.9 Å². The van der Waals surface area contributed by atoms with E-state index >= 15 is 0 Å². The maximum Gasteiger partial charge on any atom is 0.191 e. The molecule has 1 aromatic carbocycles. The van der Waals surface area contributed by atoms with Crippen LogP contribution in [0.5, 0.6) is 5.75 Å². The van der Waals surface area contributed by atoms with Gasteiger partial charge in [0, 0.05) is 25.8 Å². The SMILES string of the molecule is CCC(CNC(=NC)NCCCn1nc(C)cc1C)Oc1ccccc1F.I. The van der Waals surface area contributed by atoms with Gasteiger partial charge in [0.05, 0.1) is 12.2 Å². The standard InChI is InChI=1S/C20H30FN5O.HI/c1-5-17(27-19-10-7-6-9-18(19)21)14-24-20(22-4)23-11-8-12-26-16(3)13-15(2)25-26;/h6-7,9-10,13,17H,5,8,11-12,14H2,1-4H3,(H2,22,23,24);1H. The van der Waals surface area contributed by atoms with Gasteiger partial charge in [-0.15, -0.1) is 24.0 Å². The summed E-state index contributed by atoms with van der Waals surface area (Å²) in [5.41, 5.74) is 2.21. The van der Waals surface area contributed by atoms with Crippen LogP contribution >= 0.6 is 24.0 Å². The number of guanidine groups is 1. The Morgan fingerprint density at radius 3 is 2.64 bits per heavy atom. The van der Waals surface area contributed by atoms with Crippen LogP contribution in [0, 0.1) is 19.7 Å². The average molecular weight is 503 g/mol. The van der Waals surface area contributed by atoms with Crippen LogP contribution in [0.1, 0.15) is 31.2 Å². The first-order valence-corrected chi connectivity index (χ1v) is 9.40. The smallest absolute Gasteiger partial charge is 0.191 e. The molecule has 0 spiro atoms. The zero-order chi connectivity index (χ0) is 19.6. The van der Waals surface area contributed by atoms with E-state index in [2.05, 4.69) is 33.7 Å². The lowest BCUT2D eigenvalue weighted by molar-refractivity contribution is 0.191. The van der Waals surface area contributed by atoms with E-state index in [4.69, 9.17) is 4.74 Å². The van der Waals surface area contributed by atoms with Crippen LogP contribution in [0.4, 0.5) is 4.39 Å². The third-order valence-corrected chi connectivity index (χ3v) is 4.25. The highest BCUT2D eigenvalue weighted by molar-refractivity contribution is 14.0. The normalized spacial score (nSPS) is 12.2. The number of ether oxygens (including phenoxy) is 1. The van der Waals surface area contributed by atoms with Gasteiger partial charge in [-0.3, -0.25) is 9.67 Å². The highest BCUT2D eigenvalue weighted by Crippen LogP contribution is 2.17. The van der Waals surface area contributed by atoms with Gasteiger partial charge in [0.25, 0.3) is 0 Å². The number of rotatable bonds is 9. The molecular formula is C20H31FIN5O. The lowest BCUT2D eigenvalue weighted by atomic mass is 10.2. The lowest BCUT2D eigenvalue weighted by Crippen LogP contribution is -2.43. The fourth-order valence-electron chi connectivity index (χ4n) is 2.76. The van der Waals surface area contributed by atoms with Crippen molar-refractivity contribution in [2.45, 2.75) is 46.3 Å². The van der Waals surface area contributed by atoms with Crippen molar-refractivity contribution in [1.29, 1.82) is 0 Å². The molecule has 1 aromatic heterocycles. The number of hydrogen-bond acceptors (Lipinski definition) is 3. The van der Waals surface area contributed by atoms with Crippen LogP contribution in [0.2, 0.25) is 0 Å². The molecule has 6 nitrogen and oxygen atoms in total. The number of nitrogens with one attached hydrogen (secondary N) is 2. The highest BCUT2D eigenvalue weighted by atomic mass is 127. The van der Waals surface area contributed by atoms with Gasteiger partial charge < -0.3 is 15.4 Å². The van der Waals surface area contributed by atoms with Crippen molar-refractivity contribution < 1.29 is 9.13 Å². The van der Waals surface area contributed by atoms with Gasteiger partial charge in [-0.2, -0.15) is 5.10 Å². The third kappa shape index (κ3) is 7.65. The molecule has 1 atom stereocenters. The Bertz CT molecular complexity index is 750. The Balaban J connectivity index is 0.00000392. The first-order valence-electron chi connectivity index (χ1n) is 9.40. The summed E-state index contributed by atoms with van der Waals surface area (Å²) in [6.07, 6.45) is 1.55. The zero-order valence-electron chi connectivity index (χ0n) is 17.0. The second-order valence-electron chi connectivity index (χ2n) is 6.46. The van der Waals surface area contributed by atoms with E-state index in [0.717, 1.165) is 31.6 Å². The molecule has 0 aliphatic rings. The molecule has 2 rings (SSSR count). The molecule has 1 heterocycles. The molecule has 28 heavy (non-hydrogen) atoms. The molecule has 0 radical (unpaired) electrons. The Labute approximate surface area is 184 Å². The predicted octanol–water partition coefficient (Wildman–Crippen LogP) is 3.67. The second kappa shape index (κ2) is 12.6. The molecule has 0 saturated heterocycles. The molecule has 156 valence electrons. The number of para-hydroxylation sites is 1. The van der Waals surface area contributed by atoms with Gasteiger partial charge in [0.15, 0.2) is 17.5 Å². The van der Waals surface area contributed by atoms with Crippen LogP contribution in [0.15, 0.2) is 35.3 Å². The fourth-order valence-corrected chi connectivity index (χ4v) is 2.76. The van der Waals surface area contributed by atoms with E-state index < -0.39 is 0 Å². The summed E-state index contributed by atoms with van der Waals surface area (Å²) in [6.45, 7) is 8.26. The summed E-state index contributed by atoms with van der Waals surface area (Å²) >= 11 is 0. The van der Waals surface area contributed by atoms with Gasteiger partial charge in [0.2, 0.25) is 0 Å². The number of aromatic nitrogens is 2. The van der Waals surface area contributed by atoms with Crippen LogP contribution < -0.4 is 15.4 Å². The van der Waals surface area contributed by atoms with E-state index in [1.54, 1.807) is 25.2 Å². The van der Waals surface area contributed by atoms with Crippen LogP contribution in [0.25, 0.3) is 0 Å². The van der Waals surface area contributed by atoms with Gasteiger partial charge in [-0.1, -0.05) is 19.1 Å². The predicted molar refractivity (Wildman–Crippen MR) is 122 cm³/mol. The lowest BCUT2D eigenvalue weighted by Gasteiger charge is -2.20. The minimum Gasteiger partial charge on any atom is -0.486 e. The van der Waals surface area contributed by atoms with Gasteiger partial charge in [0.1, 0.15) is 6.10 Å². The Hall–Kier alpha value is -1.84. The van der Waals surface area contributed by atoms with E-state index in [-0.39, 0.29) is 41.6 Å². The van der Waals surface area contributed by atoms with E-state index in [9.17, 15) is 4.39 Å². The Morgan fingerprint density at radius 1 is 1.29 bits per heavy atom. The van der Waals surface area contributed by atoms with Crippen LogP contribution in [-0.4, -0.2) is 42.0 Å². The summed E-state index contributed by atoms with van der Waals surface area (Å²) in [7, 11) is 1.73. The monoisotopic (exact) mass is 503 g/mol. The molecule has 2 aromatic rings. The number of nitrogens with zero attached hydrogens (tertiary/aromatic N) is 3. The van der Waals surface area contributed by atoms with Crippen molar-refractivity contribution in [3.8, 4) is 5.75 Å². The zero-order valence-corrected chi connectivity index (χ0v) is 19.4. The molecule has 0 aliphatic carbocycles. The van der Waals surface area contributed by atoms with Crippen LogP contribution in [0.3, 0.4) is 0 Å². The summed E-state index contributed by atoms with van der Waals surface area (Å²) in [4.78, 5) is 4.23. The number of benzene rings is 1. The van der Waals surface area contributed by atoms with Crippen molar-refractivity contribution in [2.24, 2.45) is 4.99 Å². The molecule has 0 fully saturated rings.